The highest BCUT2D eigenvalue weighted by Gasteiger charge is 2.42. The zero-order chi connectivity index (χ0) is 21.2. The van der Waals surface area contributed by atoms with E-state index in [-0.39, 0.29) is 22.8 Å². The molecule has 0 radical (unpaired) electrons. The van der Waals surface area contributed by atoms with Gasteiger partial charge in [-0.2, -0.15) is 0 Å². The van der Waals surface area contributed by atoms with Crippen LogP contribution in [-0.4, -0.2) is 35.5 Å². The van der Waals surface area contributed by atoms with Crippen molar-refractivity contribution < 1.29 is 13.9 Å². The maximum Gasteiger partial charge on any atom is 0.268 e. The van der Waals surface area contributed by atoms with Crippen molar-refractivity contribution in [1.29, 1.82) is 0 Å². The number of halogens is 2. The molecular weight excluding hydrogens is 379 g/mol. The van der Waals surface area contributed by atoms with E-state index in [4.69, 9.17) is 22.8 Å². The summed E-state index contributed by atoms with van der Waals surface area (Å²) in [4.78, 5) is 15.5. The van der Waals surface area contributed by atoms with Gasteiger partial charge in [-0.05, 0) is 38.5 Å². The molecule has 0 saturated carbocycles. The highest BCUT2D eigenvalue weighted by Crippen LogP contribution is 2.27. The average molecular weight is 403 g/mol. The third-order valence-electron chi connectivity index (χ3n) is 3.92. The Balaban J connectivity index is 0.00000122. The minimum Gasteiger partial charge on any atom is -0.376 e. The van der Waals surface area contributed by atoms with Gasteiger partial charge >= 0.3 is 0 Å². The maximum absolute atomic E-state index is 13.7. The third-order valence-corrected chi connectivity index (χ3v) is 4.08. The lowest BCUT2D eigenvalue weighted by molar-refractivity contribution is -0.0481. The predicted molar refractivity (Wildman–Crippen MR) is 113 cm³/mol. The molecule has 0 unspecified atom stereocenters. The standard InChI is InChI=1S/C19H20ClFN2O2.C3H4/c1-4-6-15(7-5-2)19(11-25-12-19)23-18(24)16-10-14(8-9-20)17(22-16)13(3)21;1-3-2/h1,5-8,10,22H,9,11-12H2,2-3H3,(H,23,24);1H,2H3/b7-5-,14-8-,15-6+,17-13-;. The number of rotatable bonds is 5. The predicted octanol–water partition coefficient (Wildman–Crippen LogP) is 2.41. The Hall–Kier alpha value is -2.73. The number of nitrogens with one attached hydrogen (secondary N) is 2. The molecule has 28 heavy (non-hydrogen) atoms. The van der Waals surface area contributed by atoms with Gasteiger partial charge in [0.25, 0.3) is 5.91 Å². The Kier molecular flexibility index (Phi) is 9.32. The van der Waals surface area contributed by atoms with Crippen LogP contribution in [0.5, 0.6) is 0 Å². The van der Waals surface area contributed by atoms with Gasteiger partial charge in [-0.15, -0.1) is 30.4 Å². The molecule has 0 aromatic carbocycles. The fourth-order valence-electron chi connectivity index (χ4n) is 2.64. The number of aromatic nitrogens is 1. The third kappa shape index (κ3) is 5.63. The average Bonchev–Trinajstić information content (AvgIpc) is 3.03. The summed E-state index contributed by atoms with van der Waals surface area (Å²) in [6.45, 7) is 5.48. The minimum absolute atomic E-state index is 0.216. The van der Waals surface area contributed by atoms with E-state index in [1.54, 1.807) is 25.1 Å². The summed E-state index contributed by atoms with van der Waals surface area (Å²) in [7, 11) is 0. The van der Waals surface area contributed by atoms with Crippen LogP contribution in [0.15, 0.2) is 29.9 Å². The Labute approximate surface area is 170 Å². The number of alkyl halides is 1. The van der Waals surface area contributed by atoms with Gasteiger partial charge in [0.2, 0.25) is 0 Å². The molecule has 1 amide bonds. The molecule has 0 atom stereocenters. The second-order valence-electron chi connectivity index (χ2n) is 5.99. The van der Waals surface area contributed by atoms with Crippen LogP contribution in [0.1, 0.15) is 31.3 Å². The second kappa shape index (κ2) is 11.2. The van der Waals surface area contributed by atoms with Crippen LogP contribution in [-0.2, 0) is 4.74 Å². The van der Waals surface area contributed by atoms with E-state index >= 15 is 0 Å². The molecule has 2 N–H and O–H groups in total. The molecule has 1 aromatic heterocycles. The molecule has 0 aliphatic carbocycles. The molecule has 0 bridgehead atoms. The number of amides is 1. The van der Waals surface area contributed by atoms with Crippen LogP contribution in [0.3, 0.4) is 0 Å². The van der Waals surface area contributed by atoms with Crippen LogP contribution in [0.25, 0.3) is 11.9 Å². The van der Waals surface area contributed by atoms with Crippen LogP contribution < -0.4 is 15.9 Å². The summed E-state index contributed by atoms with van der Waals surface area (Å²) in [5.41, 5.74) is 0.339. The van der Waals surface area contributed by atoms with Gasteiger partial charge < -0.3 is 15.0 Å². The SMILES string of the molecule is C#C/C=C(\C=C/C)C1(NC(=O)c2cc(=C/CCl)/c(=C(\C)F)[nH]2)COC1.C#CC. The molecule has 0 spiro atoms. The molecule has 2 rings (SSSR count). The Bertz CT molecular complexity index is 950. The number of ether oxygens (including phenoxy) is 1. The number of terminal acetylenes is 2. The summed E-state index contributed by atoms with van der Waals surface area (Å²) < 4.78 is 19.0. The topological polar surface area (TPSA) is 54.1 Å². The lowest BCUT2D eigenvalue weighted by atomic mass is 9.86. The van der Waals surface area contributed by atoms with Crippen molar-refractivity contribution in [2.45, 2.75) is 26.3 Å². The van der Waals surface area contributed by atoms with E-state index in [9.17, 15) is 9.18 Å². The van der Waals surface area contributed by atoms with Gasteiger partial charge in [-0.1, -0.05) is 24.1 Å². The first-order valence-corrected chi connectivity index (χ1v) is 9.11. The van der Waals surface area contributed by atoms with Crippen LogP contribution in [0.2, 0.25) is 0 Å². The highest BCUT2D eigenvalue weighted by atomic mass is 35.5. The van der Waals surface area contributed by atoms with Crippen molar-refractivity contribution in [3.05, 3.63) is 46.1 Å². The zero-order valence-corrected chi connectivity index (χ0v) is 17.0. The summed E-state index contributed by atoms with van der Waals surface area (Å²) >= 11 is 5.70. The largest absolute Gasteiger partial charge is 0.376 e. The van der Waals surface area contributed by atoms with Crippen molar-refractivity contribution in [2.75, 3.05) is 19.1 Å². The second-order valence-corrected chi connectivity index (χ2v) is 6.30. The summed E-state index contributed by atoms with van der Waals surface area (Å²) in [5.74, 6) is 4.16. The molecule has 1 aliphatic heterocycles. The summed E-state index contributed by atoms with van der Waals surface area (Å²) in [6, 6.07) is 1.57. The highest BCUT2D eigenvalue weighted by molar-refractivity contribution is 6.20. The fraction of sp³-hybridized carbons (Fsp3) is 0.318. The summed E-state index contributed by atoms with van der Waals surface area (Å²) in [6.07, 6.45) is 16.9. The minimum atomic E-state index is -0.688. The van der Waals surface area contributed by atoms with E-state index in [1.165, 1.54) is 6.92 Å². The molecule has 1 fully saturated rings. The van der Waals surface area contributed by atoms with Crippen molar-refractivity contribution in [2.24, 2.45) is 0 Å². The van der Waals surface area contributed by atoms with E-state index in [0.717, 1.165) is 5.57 Å². The smallest absolute Gasteiger partial charge is 0.268 e. The molecule has 148 valence electrons. The molecule has 1 aromatic rings. The monoisotopic (exact) mass is 402 g/mol. The van der Waals surface area contributed by atoms with Gasteiger partial charge in [0, 0.05) is 11.1 Å². The number of carbonyl (C=O) groups is 1. The van der Waals surface area contributed by atoms with Crippen LogP contribution in [0, 0.1) is 24.7 Å². The maximum atomic E-state index is 13.7. The van der Waals surface area contributed by atoms with Crippen molar-refractivity contribution >= 4 is 29.4 Å². The van der Waals surface area contributed by atoms with Gasteiger partial charge in [0.05, 0.1) is 18.6 Å². The first-order chi connectivity index (χ1) is 13.4. The van der Waals surface area contributed by atoms with Crippen molar-refractivity contribution in [1.82, 2.24) is 10.3 Å². The van der Waals surface area contributed by atoms with E-state index in [1.807, 2.05) is 19.1 Å². The van der Waals surface area contributed by atoms with E-state index < -0.39 is 11.4 Å². The lowest BCUT2D eigenvalue weighted by Crippen LogP contribution is -2.63. The number of hydrogen-bond acceptors (Lipinski definition) is 2. The molecule has 6 heteroatoms. The van der Waals surface area contributed by atoms with Gasteiger partial charge in [-0.3, -0.25) is 4.79 Å². The normalized spacial score (nSPS) is 17.0. The quantitative estimate of drug-likeness (QED) is 0.451. The first-order valence-electron chi connectivity index (χ1n) is 8.57. The fourth-order valence-corrected chi connectivity index (χ4v) is 2.81. The van der Waals surface area contributed by atoms with Crippen molar-refractivity contribution in [3.63, 3.8) is 0 Å². The molecule has 2 heterocycles. The van der Waals surface area contributed by atoms with Gasteiger partial charge in [-0.25, -0.2) is 4.39 Å². The Morgan fingerprint density at radius 2 is 2.14 bits per heavy atom. The van der Waals surface area contributed by atoms with Gasteiger partial charge in [0.1, 0.15) is 17.1 Å². The van der Waals surface area contributed by atoms with Gasteiger partial charge in [0.15, 0.2) is 0 Å². The Morgan fingerprint density at radius 3 is 2.57 bits per heavy atom. The number of H-pyrrole nitrogens is 1. The molecule has 1 aliphatic rings. The lowest BCUT2D eigenvalue weighted by Gasteiger charge is -2.42. The molecule has 4 nitrogen and oxygen atoms in total. The number of allylic oxidation sites excluding steroid dienone is 2. The van der Waals surface area contributed by atoms with Crippen LogP contribution >= 0.6 is 11.6 Å². The summed E-state index contributed by atoms with van der Waals surface area (Å²) in [5, 5.41) is 3.74. The van der Waals surface area contributed by atoms with Crippen LogP contribution in [0.4, 0.5) is 4.39 Å². The Morgan fingerprint density at radius 1 is 1.50 bits per heavy atom. The van der Waals surface area contributed by atoms with E-state index in [2.05, 4.69) is 28.6 Å². The molecule has 1 saturated heterocycles. The van der Waals surface area contributed by atoms with Crippen molar-refractivity contribution in [3.8, 4) is 24.7 Å². The zero-order valence-electron chi connectivity index (χ0n) is 16.2. The number of aromatic amines is 1. The number of hydrogen-bond donors (Lipinski definition) is 2. The molecular formula is C22H24ClFN2O2. The number of carbonyl (C=O) groups excluding carboxylic acids is 1. The van der Waals surface area contributed by atoms with E-state index in [0.29, 0.717) is 18.4 Å². The first kappa shape index (κ1) is 23.3.